The third-order valence-corrected chi connectivity index (χ3v) is 3.95. The smallest absolute Gasteiger partial charge is 0.307 e. The molecule has 17 heavy (non-hydrogen) atoms. The summed E-state index contributed by atoms with van der Waals surface area (Å²) in [5, 5.41) is 9.03. The van der Waals surface area contributed by atoms with E-state index in [4.69, 9.17) is 5.11 Å². The second kappa shape index (κ2) is 5.36. The average molecular weight is 242 g/mol. The largest absolute Gasteiger partial charge is 0.481 e. The summed E-state index contributed by atoms with van der Waals surface area (Å²) in [6.07, 6.45) is 0. The van der Waals surface area contributed by atoms with Crippen molar-refractivity contribution in [1.29, 1.82) is 0 Å². The lowest BCUT2D eigenvalue weighted by atomic mass is 10.00. The second-order valence-corrected chi connectivity index (χ2v) is 6.06. The molecule has 1 aliphatic heterocycles. The van der Waals surface area contributed by atoms with Gasteiger partial charge in [-0.15, -0.1) is 0 Å². The molecule has 100 valence electrons. The highest BCUT2D eigenvalue weighted by molar-refractivity contribution is 5.70. The molecular weight excluding hydrogens is 216 g/mol. The zero-order valence-corrected chi connectivity index (χ0v) is 11.7. The highest BCUT2D eigenvalue weighted by Crippen LogP contribution is 2.19. The predicted molar refractivity (Wildman–Crippen MR) is 69.2 cm³/mol. The van der Waals surface area contributed by atoms with Gasteiger partial charge in [-0.25, -0.2) is 0 Å². The lowest BCUT2D eigenvalue weighted by molar-refractivity contribution is -0.143. The van der Waals surface area contributed by atoms with Crippen LogP contribution in [0.5, 0.6) is 0 Å². The van der Waals surface area contributed by atoms with Crippen molar-refractivity contribution in [2.24, 2.45) is 5.92 Å². The summed E-state index contributed by atoms with van der Waals surface area (Å²) in [7, 11) is 0. The van der Waals surface area contributed by atoms with Crippen LogP contribution >= 0.6 is 0 Å². The van der Waals surface area contributed by atoms with Gasteiger partial charge in [0.15, 0.2) is 0 Å². The molecule has 0 aromatic carbocycles. The highest BCUT2D eigenvalue weighted by atomic mass is 16.4. The van der Waals surface area contributed by atoms with E-state index in [1.165, 1.54) is 0 Å². The molecular formula is C13H26N2O2. The van der Waals surface area contributed by atoms with Gasteiger partial charge in [0.2, 0.25) is 0 Å². The highest BCUT2D eigenvalue weighted by Gasteiger charge is 2.31. The summed E-state index contributed by atoms with van der Waals surface area (Å²) in [6.45, 7) is 14.5. The average Bonchev–Trinajstić information content (AvgIpc) is 2.26. The van der Waals surface area contributed by atoms with Gasteiger partial charge in [0.05, 0.1) is 5.92 Å². The molecule has 0 amide bonds. The van der Waals surface area contributed by atoms with Gasteiger partial charge in [0, 0.05) is 37.8 Å². The summed E-state index contributed by atoms with van der Waals surface area (Å²) in [6, 6.07) is 0.120. The van der Waals surface area contributed by atoms with E-state index in [1.807, 2.05) is 6.92 Å². The molecule has 1 fully saturated rings. The van der Waals surface area contributed by atoms with Gasteiger partial charge in [0.1, 0.15) is 0 Å². The minimum atomic E-state index is -0.698. The summed E-state index contributed by atoms with van der Waals surface area (Å²) in [5.74, 6) is -0.994. The van der Waals surface area contributed by atoms with E-state index in [-0.39, 0.29) is 17.5 Å². The Morgan fingerprint density at radius 1 is 1.12 bits per heavy atom. The molecule has 0 aromatic rings. The van der Waals surface area contributed by atoms with Crippen LogP contribution in [0.15, 0.2) is 0 Å². The first-order chi connectivity index (χ1) is 7.73. The van der Waals surface area contributed by atoms with Crippen molar-refractivity contribution in [1.82, 2.24) is 9.80 Å². The molecule has 0 saturated carbocycles. The fourth-order valence-corrected chi connectivity index (χ4v) is 2.32. The van der Waals surface area contributed by atoms with E-state index < -0.39 is 5.97 Å². The van der Waals surface area contributed by atoms with Crippen molar-refractivity contribution in [2.75, 3.05) is 26.2 Å². The van der Waals surface area contributed by atoms with Crippen LogP contribution in [0.3, 0.4) is 0 Å². The first-order valence-electron chi connectivity index (χ1n) is 6.45. The van der Waals surface area contributed by atoms with Crippen LogP contribution in [0.25, 0.3) is 0 Å². The second-order valence-electron chi connectivity index (χ2n) is 6.06. The molecule has 4 nitrogen and oxygen atoms in total. The number of nitrogens with zero attached hydrogens (tertiary/aromatic N) is 2. The van der Waals surface area contributed by atoms with Gasteiger partial charge in [-0.3, -0.25) is 14.6 Å². The number of hydrogen-bond donors (Lipinski definition) is 1. The topological polar surface area (TPSA) is 43.8 Å². The number of piperazine rings is 1. The van der Waals surface area contributed by atoms with Crippen molar-refractivity contribution in [2.45, 2.75) is 46.2 Å². The van der Waals surface area contributed by atoms with Crippen molar-refractivity contribution in [3.05, 3.63) is 0 Å². The molecule has 2 atom stereocenters. The maximum Gasteiger partial charge on any atom is 0.307 e. The van der Waals surface area contributed by atoms with Crippen LogP contribution < -0.4 is 0 Å². The Kier molecular flexibility index (Phi) is 4.55. The summed E-state index contributed by atoms with van der Waals surface area (Å²) < 4.78 is 0. The van der Waals surface area contributed by atoms with Crippen LogP contribution in [0.4, 0.5) is 0 Å². The third-order valence-electron chi connectivity index (χ3n) is 3.95. The van der Waals surface area contributed by atoms with E-state index in [9.17, 15) is 4.79 Å². The molecule has 1 heterocycles. The van der Waals surface area contributed by atoms with E-state index in [0.29, 0.717) is 0 Å². The third kappa shape index (κ3) is 3.68. The SMILES string of the molecule is CC(C(=O)O)C(C)N1CCN(C(C)(C)C)CC1. The van der Waals surface area contributed by atoms with Gasteiger partial charge < -0.3 is 5.11 Å². The molecule has 0 aromatic heterocycles. The minimum absolute atomic E-state index is 0.120. The number of carboxylic acids is 1. The summed E-state index contributed by atoms with van der Waals surface area (Å²) in [5.41, 5.74) is 0.216. The number of carbonyl (C=O) groups is 1. The first kappa shape index (κ1) is 14.5. The summed E-state index contributed by atoms with van der Waals surface area (Å²) in [4.78, 5) is 15.7. The molecule has 1 aliphatic rings. The number of carboxylic acid groups (broad SMARTS) is 1. The van der Waals surface area contributed by atoms with Crippen LogP contribution in [0.2, 0.25) is 0 Å². The van der Waals surface area contributed by atoms with E-state index in [0.717, 1.165) is 26.2 Å². The molecule has 2 unspecified atom stereocenters. The number of aliphatic carboxylic acids is 1. The lowest BCUT2D eigenvalue weighted by Crippen LogP contribution is -2.56. The van der Waals surface area contributed by atoms with Crippen LogP contribution in [-0.2, 0) is 4.79 Å². The normalized spacial score (nSPS) is 23.4. The van der Waals surface area contributed by atoms with Gasteiger partial charge in [-0.05, 0) is 27.7 Å². The standard InChI is InChI=1S/C13H26N2O2/c1-10(12(16)17)11(2)14-6-8-15(9-7-14)13(3,4)5/h10-11H,6-9H2,1-5H3,(H,16,17). The Morgan fingerprint density at radius 2 is 1.59 bits per heavy atom. The maximum atomic E-state index is 11.0. The van der Waals surface area contributed by atoms with Crippen molar-refractivity contribution in [3.63, 3.8) is 0 Å². The Hall–Kier alpha value is -0.610. The van der Waals surface area contributed by atoms with Crippen LogP contribution in [0, 0.1) is 5.92 Å². The Morgan fingerprint density at radius 3 is 1.94 bits per heavy atom. The van der Waals surface area contributed by atoms with E-state index in [1.54, 1.807) is 6.92 Å². The van der Waals surface area contributed by atoms with Crippen molar-refractivity contribution < 1.29 is 9.90 Å². The maximum absolute atomic E-state index is 11.0. The van der Waals surface area contributed by atoms with Gasteiger partial charge in [-0.1, -0.05) is 6.92 Å². The zero-order valence-electron chi connectivity index (χ0n) is 11.7. The Labute approximate surface area is 105 Å². The lowest BCUT2D eigenvalue weighted by Gasteiger charge is -2.44. The van der Waals surface area contributed by atoms with Crippen LogP contribution in [0.1, 0.15) is 34.6 Å². The van der Waals surface area contributed by atoms with Gasteiger partial charge in [-0.2, -0.15) is 0 Å². The molecule has 4 heteroatoms. The van der Waals surface area contributed by atoms with E-state index >= 15 is 0 Å². The fourth-order valence-electron chi connectivity index (χ4n) is 2.32. The van der Waals surface area contributed by atoms with Crippen molar-refractivity contribution in [3.8, 4) is 0 Å². The molecule has 0 radical (unpaired) electrons. The molecule has 0 bridgehead atoms. The van der Waals surface area contributed by atoms with Crippen molar-refractivity contribution >= 4 is 5.97 Å². The van der Waals surface area contributed by atoms with Crippen LogP contribution in [-0.4, -0.2) is 58.6 Å². The van der Waals surface area contributed by atoms with Gasteiger partial charge in [0.25, 0.3) is 0 Å². The first-order valence-corrected chi connectivity index (χ1v) is 6.45. The Balaban J connectivity index is 2.49. The Bertz CT molecular complexity index is 265. The fraction of sp³-hybridized carbons (Fsp3) is 0.923. The zero-order chi connectivity index (χ0) is 13.2. The molecule has 0 spiro atoms. The number of hydrogen-bond acceptors (Lipinski definition) is 3. The molecule has 1 N–H and O–H groups in total. The summed E-state index contributed by atoms with van der Waals surface area (Å²) >= 11 is 0. The molecule has 0 aliphatic carbocycles. The molecule has 1 saturated heterocycles. The molecule has 1 rings (SSSR count). The van der Waals surface area contributed by atoms with E-state index in [2.05, 4.69) is 30.6 Å². The number of rotatable bonds is 3. The monoisotopic (exact) mass is 242 g/mol. The van der Waals surface area contributed by atoms with Gasteiger partial charge >= 0.3 is 5.97 Å². The quantitative estimate of drug-likeness (QED) is 0.815. The predicted octanol–water partition coefficient (Wildman–Crippen LogP) is 1.51. The minimum Gasteiger partial charge on any atom is -0.481 e.